The Kier molecular flexibility index (Phi) is 3.96. The summed E-state index contributed by atoms with van der Waals surface area (Å²) in [7, 11) is -3.47. The molecule has 1 aromatic carbocycles. The van der Waals surface area contributed by atoms with Crippen LogP contribution in [-0.2, 0) is 10.0 Å². The van der Waals surface area contributed by atoms with Crippen LogP contribution in [0.2, 0.25) is 0 Å². The minimum atomic E-state index is -3.47. The predicted octanol–water partition coefficient (Wildman–Crippen LogP) is 1.77. The van der Waals surface area contributed by atoms with Crippen LogP contribution >= 0.6 is 0 Å². The second kappa shape index (κ2) is 5.50. The van der Waals surface area contributed by atoms with E-state index in [-0.39, 0.29) is 4.90 Å². The van der Waals surface area contributed by atoms with Crippen molar-refractivity contribution in [3.05, 3.63) is 30.7 Å². The van der Waals surface area contributed by atoms with Gasteiger partial charge in [0, 0.05) is 18.7 Å². The van der Waals surface area contributed by atoms with E-state index < -0.39 is 10.0 Å². The average Bonchev–Trinajstić information content (AvgIpc) is 2.94. The Balaban J connectivity index is 2.44. The fraction of sp³-hybridized carbons (Fsp3) is 0.333. The van der Waals surface area contributed by atoms with Crippen molar-refractivity contribution in [2.24, 2.45) is 0 Å². The van der Waals surface area contributed by atoms with Crippen LogP contribution in [0.5, 0.6) is 0 Å². The third kappa shape index (κ3) is 2.66. The van der Waals surface area contributed by atoms with Gasteiger partial charge in [-0.15, -0.1) is 10.2 Å². The lowest BCUT2D eigenvalue weighted by Gasteiger charge is -2.18. The van der Waals surface area contributed by atoms with Crippen LogP contribution in [0.25, 0.3) is 11.5 Å². The molecule has 0 saturated carbocycles. The molecule has 0 aliphatic rings. The highest BCUT2D eigenvalue weighted by Gasteiger charge is 2.22. The Hall–Kier alpha value is -1.73. The van der Waals surface area contributed by atoms with Crippen molar-refractivity contribution < 1.29 is 12.8 Å². The minimum absolute atomic E-state index is 0.229. The maximum atomic E-state index is 12.4. The summed E-state index contributed by atoms with van der Waals surface area (Å²) in [5, 5.41) is 7.35. The maximum Gasteiger partial charge on any atom is 0.247 e. The summed E-state index contributed by atoms with van der Waals surface area (Å²) < 4.78 is 31.2. The summed E-state index contributed by atoms with van der Waals surface area (Å²) in [6.07, 6.45) is 1.21. The second-order valence-corrected chi connectivity index (χ2v) is 5.80. The molecule has 0 atom stereocenters. The van der Waals surface area contributed by atoms with E-state index in [2.05, 4.69) is 10.2 Å². The van der Waals surface area contributed by atoms with Crippen molar-refractivity contribution >= 4 is 10.0 Å². The average molecular weight is 281 g/mol. The number of nitrogens with zero attached hydrogens (tertiary/aromatic N) is 3. The van der Waals surface area contributed by atoms with Crippen LogP contribution < -0.4 is 0 Å². The van der Waals surface area contributed by atoms with Crippen molar-refractivity contribution in [1.29, 1.82) is 0 Å². The zero-order valence-corrected chi connectivity index (χ0v) is 11.6. The molecule has 7 heteroatoms. The molecule has 1 aromatic heterocycles. The van der Waals surface area contributed by atoms with Gasteiger partial charge >= 0.3 is 0 Å². The van der Waals surface area contributed by atoms with E-state index in [0.29, 0.717) is 24.5 Å². The van der Waals surface area contributed by atoms with Gasteiger partial charge in [0.05, 0.1) is 4.90 Å². The van der Waals surface area contributed by atoms with Crippen LogP contribution in [0.1, 0.15) is 13.8 Å². The number of hydrogen-bond donors (Lipinski definition) is 0. The van der Waals surface area contributed by atoms with Gasteiger partial charge < -0.3 is 4.42 Å². The Bertz CT molecular complexity index is 634. The third-order valence-corrected chi connectivity index (χ3v) is 4.83. The topological polar surface area (TPSA) is 76.3 Å². The fourth-order valence-corrected chi connectivity index (χ4v) is 3.31. The van der Waals surface area contributed by atoms with Gasteiger partial charge in [-0.05, 0) is 18.2 Å². The normalized spacial score (nSPS) is 11.9. The van der Waals surface area contributed by atoms with Crippen molar-refractivity contribution in [1.82, 2.24) is 14.5 Å². The molecular weight excluding hydrogens is 266 g/mol. The molecule has 0 aliphatic carbocycles. The highest BCUT2D eigenvalue weighted by molar-refractivity contribution is 7.89. The highest BCUT2D eigenvalue weighted by Crippen LogP contribution is 2.22. The first-order valence-corrected chi connectivity index (χ1v) is 7.40. The molecule has 102 valence electrons. The highest BCUT2D eigenvalue weighted by atomic mass is 32.2. The molecule has 0 bridgehead atoms. The van der Waals surface area contributed by atoms with Crippen molar-refractivity contribution in [3.8, 4) is 11.5 Å². The van der Waals surface area contributed by atoms with E-state index in [1.165, 1.54) is 10.7 Å². The molecule has 0 unspecified atom stereocenters. The van der Waals surface area contributed by atoms with Gasteiger partial charge in [-0.1, -0.05) is 19.9 Å². The molecule has 0 amide bonds. The zero-order valence-electron chi connectivity index (χ0n) is 10.8. The standard InChI is InChI=1S/C12H15N3O3S/c1-3-15(4-2)19(16,17)11-7-5-6-10(8-11)12-14-13-9-18-12/h5-9H,3-4H2,1-2H3. The first kappa shape index (κ1) is 13.7. The van der Waals surface area contributed by atoms with E-state index in [0.717, 1.165) is 0 Å². The Morgan fingerprint density at radius 3 is 2.58 bits per heavy atom. The predicted molar refractivity (Wildman–Crippen MR) is 69.8 cm³/mol. The SMILES string of the molecule is CCN(CC)S(=O)(=O)c1cccc(-c2nnco2)c1. The van der Waals surface area contributed by atoms with Crippen LogP contribution in [0.15, 0.2) is 40.0 Å². The molecule has 19 heavy (non-hydrogen) atoms. The molecular formula is C12H15N3O3S. The first-order chi connectivity index (χ1) is 9.09. The van der Waals surface area contributed by atoms with E-state index in [1.807, 2.05) is 13.8 Å². The Morgan fingerprint density at radius 1 is 1.26 bits per heavy atom. The lowest BCUT2D eigenvalue weighted by atomic mass is 10.2. The summed E-state index contributed by atoms with van der Waals surface area (Å²) >= 11 is 0. The fourth-order valence-electron chi connectivity index (χ4n) is 1.80. The van der Waals surface area contributed by atoms with Crippen LogP contribution in [0.3, 0.4) is 0 Å². The maximum absolute atomic E-state index is 12.4. The molecule has 2 aromatic rings. The summed E-state index contributed by atoms with van der Waals surface area (Å²) in [6, 6.07) is 6.50. The smallest absolute Gasteiger partial charge is 0.247 e. The molecule has 6 nitrogen and oxygen atoms in total. The molecule has 1 heterocycles. The molecule has 0 aliphatic heterocycles. The quantitative estimate of drug-likeness (QED) is 0.834. The van der Waals surface area contributed by atoms with Gasteiger partial charge in [0.25, 0.3) is 0 Å². The van der Waals surface area contributed by atoms with E-state index in [9.17, 15) is 8.42 Å². The second-order valence-electron chi connectivity index (χ2n) is 3.86. The monoisotopic (exact) mass is 281 g/mol. The van der Waals surface area contributed by atoms with Gasteiger partial charge in [0.2, 0.25) is 22.3 Å². The summed E-state index contributed by atoms with van der Waals surface area (Å²) in [4.78, 5) is 0.229. The van der Waals surface area contributed by atoms with E-state index in [1.54, 1.807) is 24.3 Å². The number of hydrogen-bond acceptors (Lipinski definition) is 5. The summed E-state index contributed by atoms with van der Waals surface area (Å²) in [5.41, 5.74) is 0.589. The van der Waals surface area contributed by atoms with Gasteiger partial charge in [-0.3, -0.25) is 0 Å². The lowest BCUT2D eigenvalue weighted by molar-refractivity contribution is 0.445. The number of aromatic nitrogens is 2. The van der Waals surface area contributed by atoms with E-state index in [4.69, 9.17) is 4.42 Å². The van der Waals surface area contributed by atoms with Crippen LogP contribution in [-0.4, -0.2) is 36.0 Å². The molecule has 0 spiro atoms. The third-order valence-electron chi connectivity index (χ3n) is 2.78. The molecule has 0 saturated heterocycles. The molecule has 0 radical (unpaired) electrons. The largest absolute Gasteiger partial charge is 0.423 e. The molecule has 0 fully saturated rings. The molecule has 2 rings (SSSR count). The van der Waals surface area contributed by atoms with Crippen molar-refractivity contribution in [3.63, 3.8) is 0 Å². The van der Waals surface area contributed by atoms with Crippen LogP contribution in [0.4, 0.5) is 0 Å². The van der Waals surface area contributed by atoms with Crippen LogP contribution in [0, 0.1) is 0 Å². The van der Waals surface area contributed by atoms with Gasteiger partial charge in [0.1, 0.15) is 0 Å². The van der Waals surface area contributed by atoms with Crippen molar-refractivity contribution in [2.75, 3.05) is 13.1 Å². The van der Waals surface area contributed by atoms with Gasteiger partial charge in [-0.2, -0.15) is 4.31 Å². The zero-order chi connectivity index (χ0) is 13.9. The molecule has 0 N–H and O–H groups in total. The first-order valence-electron chi connectivity index (χ1n) is 5.96. The van der Waals surface area contributed by atoms with Gasteiger partial charge in [-0.25, -0.2) is 8.42 Å². The number of rotatable bonds is 5. The summed E-state index contributed by atoms with van der Waals surface area (Å²) in [6.45, 7) is 4.49. The number of benzene rings is 1. The minimum Gasteiger partial charge on any atom is -0.423 e. The van der Waals surface area contributed by atoms with Gasteiger partial charge in [0.15, 0.2) is 0 Å². The lowest BCUT2D eigenvalue weighted by Crippen LogP contribution is -2.30. The summed E-state index contributed by atoms with van der Waals surface area (Å²) in [5.74, 6) is 0.302. The number of sulfonamides is 1. The van der Waals surface area contributed by atoms with E-state index >= 15 is 0 Å². The Labute approximate surface area is 112 Å². The Morgan fingerprint density at radius 2 is 2.00 bits per heavy atom. The van der Waals surface area contributed by atoms with Crippen molar-refractivity contribution in [2.45, 2.75) is 18.7 Å².